The molecule has 0 radical (unpaired) electrons. The molecule has 0 aliphatic heterocycles. The largest absolute Gasteiger partial charge is 0.454 e. The summed E-state index contributed by atoms with van der Waals surface area (Å²) in [5.74, 6) is -2.66. The Kier molecular flexibility index (Phi) is 15.2. The van der Waals surface area contributed by atoms with Crippen molar-refractivity contribution in [3.05, 3.63) is 85.2 Å². The molecule has 58 heavy (non-hydrogen) atoms. The number of hydrogen-bond acceptors (Lipinski definition) is 7. The molecule has 4 aliphatic carbocycles. The first kappa shape index (κ1) is 49.3. The number of ether oxygens (including phenoxy) is 1. The van der Waals surface area contributed by atoms with Crippen LogP contribution in [0.2, 0.25) is 0 Å². The third-order valence-corrected chi connectivity index (χ3v) is 22.5. The number of hydrogen-bond donors (Lipinski definition) is 4. The molecule has 23 heteroatoms. The van der Waals surface area contributed by atoms with Crippen molar-refractivity contribution < 1.29 is 45.7 Å². The molecule has 3 aromatic carbocycles. The number of benzene rings is 3. The van der Waals surface area contributed by atoms with E-state index in [1.165, 1.54) is 0 Å². The number of esters is 1. The minimum Gasteiger partial charge on any atom is -0.454 e. The van der Waals surface area contributed by atoms with E-state index in [0.717, 1.165) is 21.4 Å². The van der Waals surface area contributed by atoms with Crippen LogP contribution in [0.15, 0.2) is 36.4 Å². The van der Waals surface area contributed by atoms with E-state index < -0.39 is 67.2 Å². The molecule has 11 nitrogen and oxygen atoms in total. The van der Waals surface area contributed by atoms with E-state index >= 15 is 0 Å². The maximum absolute atomic E-state index is 15.0. The summed E-state index contributed by atoms with van der Waals surface area (Å²) in [6.07, 6.45) is -2.72. The van der Waals surface area contributed by atoms with E-state index in [9.17, 15) is 40.9 Å². The van der Waals surface area contributed by atoms with Crippen LogP contribution < -0.4 is 16.0 Å². The second kappa shape index (κ2) is 17.9. The summed E-state index contributed by atoms with van der Waals surface area (Å²) in [5.41, 5.74) is -4.70. The van der Waals surface area contributed by atoms with E-state index in [1.54, 1.807) is 18.2 Å². The van der Waals surface area contributed by atoms with Crippen molar-refractivity contribution >= 4 is 237 Å². The molecule has 0 saturated heterocycles. The molecule has 4 aliphatic rings. The van der Waals surface area contributed by atoms with E-state index in [-0.39, 0.29) is 38.5 Å². The topological polar surface area (TPSA) is 168 Å². The summed E-state index contributed by atoms with van der Waals surface area (Å²) < 4.78 is 75.0. The van der Waals surface area contributed by atoms with Gasteiger partial charge in [0.05, 0.1) is 22.1 Å². The molecule has 0 heterocycles. The van der Waals surface area contributed by atoms with Gasteiger partial charge in [0.15, 0.2) is 6.10 Å². The van der Waals surface area contributed by atoms with Crippen LogP contribution in [0.3, 0.4) is 0 Å². The van der Waals surface area contributed by atoms with Crippen LogP contribution in [0.25, 0.3) is 0 Å². The van der Waals surface area contributed by atoms with Gasteiger partial charge in [-0.05, 0) is 285 Å². The lowest BCUT2D eigenvalue weighted by molar-refractivity contribution is -0.194. The normalized spacial score (nSPS) is 25.5. The summed E-state index contributed by atoms with van der Waals surface area (Å²) in [5, 5.41) is 4.76. The average Bonchev–Trinajstić information content (AvgIpc) is 3.07. The molecule has 312 valence electrons. The number of carbonyl (C=O) groups excluding carboxylic acids is 4. The average molecular weight is 1830 g/mol. The van der Waals surface area contributed by atoms with Crippen LogP contribution >= 0.6 is 203 Å². The number of amides is 3. The minimum absolute atomic E-state index is 0.106. The number of carbonyl (C=O) groups is 4. The number of rotatable bonds is 10. The number of halogens is 11. The molecular weight excluding hydrogens is 1800 g/mol. The van der Waals surface area contributed by atoms with Gasteiger partial charge in [-0.15, -0.1) is 0 Å². The Morgan fingerprint density at radius 3 is 1.19 bits per heavy atom. The van der Waals surface area contributed by atoms with Gasteiger partial charge in [0, 0.05) is 48.7 Å². The fraction of sp³-hybridized carbons (Fsp3) is 0.371. The Hall–Kier alpha value is 1.88. The standard InChI is InChI=1S/C35H26F2I9N3O8S/c1-14(35(36,37)58(54,55)56)57-30(53)31-8-32(47-27(50)18-2-15(38)5-21(41)24(18)44)11-33(9-31,48-28(51)19-3-16(39)6-22(42)25(19)45)13-34(10-31,12-32)49-29(52)20-4-17(40)7-23(43)26(20)46/h2-7,14H,8-13H2,1H3,(H,47,50)(H,48,51)(H,49,52)(H,54,55,56). The molecule has 4 saturated carbocycles. The van der Waals surface area contributed by atoms with Gasteiger partial charge in [0.25, 0.3) is 17.7 Å². The second-order valence-corrected chi connectivity index (χ2v) is 26.8. The van der Waals surface area contributed by atoms with Gasteiger partial charge in [0.1, 0.15) is 0 Å². The minimum atomic E-state index is -6.00. The van der Waals surface area contributed by atoms with Crippen molar-refractivity contribution in [1.82, 2.24) is 16.0 Å². The maximum Gasteiger partial charge on any atom is 0.405 e. The molecule has 4 fully saturated rings. The van der Waals surface area contributed by atoms with Crippen molar-refractivity contribution in [3.63, 3.8) is 0 Å². The summed E-state index contributed by atoms with van der Waals surface area (Å²) in [7, 11) is -6.00. The monoisotopic (exact) mass is 1830 g/mol. The van der Waals surface area contributed by atoms with Crippen LogP contribution in [0.1, 0.15) is 76.5 Å². The molecule has 7 rings (SSSR count). The fourth-order valence-corrected chi connectivity index (χ4v) is 16.6. The van der Waals surface area contributed by atoms with Gasteiger partial charge in [0.2, 0.25) is 0 Å². The molecule has 3 amide bonds. The molecular formula is C35H26F2I9N3O8S. The number of nitrogens with one attached hydrogen (secondary N) is 3. The van der Waals surface area contributed by atoms with Crippen LogP contribution in [0, 0.1) is 37.5 Å². The van der Waals surface area contributed by atoms with Crippen molar-refractivity contribution in [3.8, 4) is 0 Å². The van der Waals surface area contributed by atoms with Crippen LogP contribution in [-0.2, 0) is 19.6 Å². The molecule has 0 aromatic heterocycles. The molecule has 0 spiro atoms. The van der Waals surface area contributed by atoms with Gasteiger partial charge in [-0.2, -0.15) is 17.2 Å². The first-order chi connectivity index (χ1) is 26.7. The zero-order valence-corrected chi connectivity index (χ0v) is 49.4. The van der Waals surface area contributed by atoms with Crippen molar-refractivity contribution in [2.75, 3.05) is 0 Å². The van der Waals surface area contributed by atoms with Crippen molar-refractivity contribution in [2.24, 2.45) is 5.41 Å². The lowest BCUT2D eigenvalue weighted by atomic mass is 9.41. The predicted molar refractivity (Wildman–Crippen MR) is 287 cm³/mol. The smallest absolute Gasteiger partial charge is 0.405 e. The Balaban J connectivity index is 1.53. The maximum atomic E-state index is 15.0. The van der Waals surface area contributed by atoms with Crippen LogP contribution in [-0.4, -0.2) is 64.6 Å². The second-order valence-electron chi connectivity index (χ2n) is 14.9. The lowest BCUT2D eigenvalue weighted by Gasteiger charge is -2.69. The predicted octanol–water partition coefficient (Wildman–Crippen LogP) is 9.71. The van der Waals surface area contributed by atoms with E-state index in [1.807, 2.05) is 18.2 Å². The molecule has 4 bridgehead atoms. The van der Waals surface area contributed by atoms with Gasteiger partial charge in [-0.25, -0.2) is 0 Å². The first-order valence-electron chi connectivity index (χ1n) is 16.6. The SMILES string of the molecule is CC(OC(=O)C12CC3(NC(=O)c4cc(I)cc(I)c4I)CC(NC(=O)c4cc(I)cc(I)c4I)(CC(NC(=O)c4cc(I)cc(I)c4I)(C3)C1)C2)C(F)(F)S(=O)(=O)O. The third kappa shape index (κ3) is 9.85. The molecule has 3 aromatic rings. The van der Waals surface area contributed by atoms with E-state index in [2.05, 4.69) is 219 Å². The highest BCUT2D eigenvalue weighted by molar-refractivity contribution is 14.1. The molecule has 4 N–H and O–H groups in total. The van der Waals surface area contributed by atoms with Crippen molar-refractivity contribution in [2.45, 2.75) is 73.4 Å². The van der Waals surface area contributed by atoms with Gasteiger partial charge in [-0.1, -0.05) is 0 Å². The van der Waals surface area contributed by atoms with Crippen molar-refractivity contribution in [1.29, 1.82) is 0 Å². The highest BCUT2D eigenvalue weighted by Crippen LogP contribution is 2.65. The fourth-order valence-electron chi connectivity index (χ4n) is 8.90. The van der Waals surface area contributed by atoms with Crippen LogP contribution in [0.5, 0.6) is 0 Å². The van der Waals surface area contributed by atoms with E-state index in [0.29, 0.717) is 34.3 Å². The molecule has 1 atom stereocenters. The Labute approximate surface area is 454 Å². The Bertz CT molecular complexity index is 2210. The zero-order chi connectivity index (χ0) is 43.1. The number of alkyl halides is 2. The summed E-state index contributed by atoms with van der Waals surface area (Å²) in [4.78, 5) is 58.0. The first-order valence-corrected chi connectivity index (χ1v) is 27.8. The Morgan fingerprint density at radius 2 is 0.914 bits per heavy atom. The highest BCUT2D eigenvalue weighted by Gasteiger charge is 2.72. The lowest BCUT2D eigenvalue weighted by Crippen LogP contribution is -2.80. The third-order valence-electron chi connectivity index (χ3n) is 10.4. The van der Waals surface area contributed by atoms with Crippen LogP contribution in [0.4, 0.5) is 8.78 Å². The van der Waals surface area contributed by atoms with E-state index in [4.69, 9.17) is 4.74 Å². The highest BCUT2D eigenvalue weighted by atomic mass is 127. The van der Waals surface area contributed by atoms with Gasteiger partial charge >= 0.3 is 21.3 Å². The van der Waals surface area contributed by atoms with Gasteiger partial charge in [-0.3, -0.25) is 23.7 Å². The van der Waals surface area contributed by atoms with Gasteiger partial charge < -0.3 is 20.7 Å². The summed E-state index contributed by atoms with van der Waals surface area (Å²) in [6, 6.07) is 10.9. The molecule has 1 unspecified atom stereocenters. The zero-order valence-electron chi connectivity index (χ0n) is 29.2. The quantitative estimate of drug-likeness (QED) is 0.0674. The summed E-state index contributed by atoms with van der Waals surface area (Å²) in [6.45, 7) is 0.667. The summed E-state index contributed by atoms with van der Waals surface area (Å²) >= 11 is 19.0. The Morgan fingerprint density at radius 1 is 0.621 bits per heavy atom.